The molecule has 0 saturated heterocycles. The highest BCUT2D eigenvalue weighted by molar-refractivity contribution is 5.68. The molecule has 0 aliphatic heterocycles. The van der Waals surface area contributed by atoms with Crippen LogP contribution >= 0.6 is 0 Å². The second kappa shape index (κ2) is 8.82. The Morgan fingerprint density at radius 2 is 1.87 bits per heavy atom. The van der Waals surface area contributed by atoms with Gasteiger partial charge >= 0.3 is 6.09 Å². The fraction of sp³-hybridized carbons (Fsp3) is 0.588. The van der Waals surface area contributed by atoms with Gasteiger partial charge in [0.1, 0.15) is 5.60 Å². The molecule has 0 spiro atoms. The largest absolute Gasteiger partial charge is 0.444 e. The number of carbonyl (C=O) groups excluding carboxylic acids is 1. The summed E-state index contributed by atoms with van der Waals surface area (Å²) in [5.74, 6) is 0. The molecule has 0 saturated carbocycles. The minimum atomic E-state index is -2.44. The molecule has 0 heterocycles. The number of carbonyl (C=O) groups is 1. The number of hydrogen-bond donors (Lipinski definition) is 1. The van der Waals surface area contributed by atoms with E-state index in [1.807, 2.05) is 27.7 Å². The lowest BCUT2D eigenvalue weighted by molar-refractivity contribution is 0.0262. The third-order valence-electron chi connectivity index (χ3n) is 3.15. The van der Waals surface area contributed by atoms with Gasteiger partial charge in [0.05, 0.1) is 0 Å². The van der Waals surface area contributed by atoms with Crippen molar-refractivity contribution in [1.82, 2.24) is 10.2 Å². The Hall–Kier alpha value is -1.69. The number of alkyl halides is 2. The van der Waals surface area contributed by atoms with Crippen LogP contribution in [0.5, 0.6) is 0 Å². The van der Waals surface area contributed by atoms with Crippen molar-refractivity contribution in [3.63, 3.8) is 0 Å². The molecule has 1 amide bonds. The van der Waals surface area contributed by atoms with Gasteiger partial charge in [0.15, 0.2) is 0 Å². The number of ether oxygens (including phenoxy) is 1. The molecule has 1 aromatic rings. The average Bonchev–Trinajstić information content (AvgIpc) is 2.45. The zero-order chi connectivity index (χ0) is 17.5. The fourth-order valence-corrected chi connectivity index (χ4v) is 1.93. The molecule has 0 fully saturated rings. The van der Waals surface area contributed by atoms with E-state index in [0.29, 0.717) is 26.2 Å². The van der Waals surface area contributed by atoms with Crippen molar-refractivity contribution in [3.05, 3.63) is 35.4 Å². The summed E-state index contributed by atoms with van der Waals surface area (Å²) >= 11 is 0. The molecule has 1 N–H and O–H groups in total. The van der Waals surface area contributed by atoms with Crippen molar-refractivity contribution in [1.29, 1.82) is 0 Å². The number of nitrogens with zero attached hydrogens (tertiary/aromatic N) is 1. The highest BCUT2D eigenvalue weighted by atomic mass is 19.3. The third-order valence-corrected chi connectivity index (χ3v) is 3.15. The third kappa shape index (κ3) is 7.41. The molecule has 0 aliphatic rings. The van der Waals surface area contributed by atoms with Crippen molar-refractivity contribution in [3.8, 4) is 0 Å². The van der Waals surface area contributed by atoms with E-state index in [0.717, 1.165) is 5.56 Å². The molecule has 1 aromatic carbocycles. The molecular weight excluding hydrogens is 302 g/mol. The molecule has 4 nitrogen and oxygen atoms in total. The lowest BCUT2D eigenvalue weighted by Gasteiger charge is -2.26. The predicted octanol–water partition coefficient (Wildman–Crippen LogP) is 3.97. The van der Waals surface area contributed by atoms with Gasteiger partial charge in [0.25, 0.3) is 6.43 Å². The fourth-order valence-electron chi connectivity index (χ4n) is 1.93. The zero-order valence-corrected chi connectivity index (χ0v) is 14.2. The summed E-state index contributed by atoms with van der Waals surface area (Å²) < 4.78 is 30.3. The number of likely N-dealkylation sites (N-methyl/N-ethyl adjacent to an activating group) is 1. The highest BCUT2D eigenvalue weighted by Gasteiger charge is 2.20. The van der Waals surface area contributed by atoms with Gasteiger partial charge in [-0.2, -0.15) is 0 Å². The Morgan fingerprint density at radius 1 is 1.26 bits per heavy atom. The summed E-state index contributed by atoms with van der Waals surface area (Å²) in [5, 5.41) is 3.20. The van der Waals surface area contributed by atoms with Crippen LogP contribution in [0.1, 0.15) is 45.2 Å². The Bertz CT molecular complexity index is 484. The minimum Gasteiger partial charge on any atom is -0.444 e. The van der Waals surface area contributed by atoms with Crippen molar-refractivity contribution < 1.29 is 18.3 Å². The summed E-state index contributed by atoms with van der Waals surface area (Å²) in [6.07, 6.45) is -2.77. The molecule has 130 valence electrons. The van der Waals surface area contributed by atoms with E-state index in [1.54, 1.807) is 17.0 Å². The second-order valence-electron chi connectivity index (χ2n) is 6.28. The zero-order valence-electron chi connectivity index (χ0n) is 14.2. The van der Waals surface area contributed by atoms with Gasteiger partial charge < -0.3 is 15.0 Å². The molecule has 0 aliphatic carbocycles. The number of amides is 1. The van der Waals surface area contributed by atoms with E-state index >= 15 is 0 Å². The maximum Gasteiger partial charge on any atom is 0.410 e. The van der Waals surface area contributed by atoms with Crippen LogP contribution in [-0.4, -0.2) is 36.2 Å². The number of benzene rings is 1. The van der Waals surface area contributed by atoms with Crippen LogP contribution in [0.15, 0.2) is 24.3 Å². The van der Waals surface area contributed by atoms with Crippen molar-refractivity contribution in [2.75, 3.05) is 19.6 Å². The SMILES string of the molecule is CCN(CCNCc1ccc(C(F)F)cc1)C(=O)OC(C)(C)C. The van der Waals surface area contributed by atoms with Crippen molar-refractivity contribution in [2.24, 2.45) is 0 Å². The van der Waals surface area contributed by atoms with Crippen LogP contribution < -0.4 is 5.32 Å². The van der Waals surface area contributed by atoms with E-state index in [9.17, 15) is 13.6 Å². The van der Waals surface area contributed by atoms with E-state index in [-0.39, 0.29) is 11.7 Å². The molecular formula is C17H26F2N2O2. The Balaban J connectivity index is 2.36. The van der Waals surface area contributed by atoms with Gasteiger partial charge in [-0.25, -0.2) is 13.6 Å². The van der Waals surface area contributed by atoms with Gasteiger partial charge in [-0.3, -0.25) is 0 Å². The lowest BCUT2D eigenvalue weighted by atomic mass is 10.1. The number of hydrogen-bond acceptors (Lipinski definition) is 3. The second-order valence-corrected chi connectivity index (χ2v) is 6.28. The van der Waals surface area contributed by atoms with Crippen LogP contribution in [0.4, 0.5) is 13.6 Å². The number of nitrogens with one attached hydrogen (secondary N) is 1. The van der Waals surface area contributed by atoms with Crippen LogP contribution in [0.25, 0.3) is 0 Å². The Morgan fingerprint density at radius 3 is 2.35 bits per heavy atom. The first kappa shape index (κ1) is 19.4. The van der Waals surface area contributed by atoms with Gasteiger partial charge in [-0.15, -0.1) is 0 Å². The molecule has 0 atom stereocenters. The van der Waals surface area contributed by atoms with Gasteiger partial charge in [-0.1, -0.05) is 24.3 Å². The molecule has 0 radical (unpaired) electrons. The van der Waals surface area contributed by atoms with Gasteiger partial charge in [-0.05, 0) is 33.3 Å². The molecule has 0 unspecified atom stereocenters. The summed E-state index contributed by atoms with van der Waals surface area (Å²) in [6.45, 7) is 9.66. The van der Waals surface area contributed by atoms with Crippen LogP contribution in [0, 0.1) is 0 Å². The van der Waals surface area contributed by atoms with Crippen LogP contribution in [0.3, 0.4) is 0 Å². The minimum absolute atomic E-state index is 0.0239. The number of halogens is 2. The first-order valence-corrected chi connectivity index (χ1v) is 7.78. The Labute approximate surface area is 136 Å². The predicted molar refractivity (Wildman–Crippen MR) is 86.6 cm³/mol. The normalized spacial score (nSPS) is 11.6. The summed E-state index contributed by atoms with van der Waals surface area (Å²) in [7, 11) is 0. The van der Waals surface area contributed by atoms with Gasteiger partial charge in [0.2, 0.25) is 0 Å². The lowest BCUT2D eigenvalue weighted by Crippen LogP contribution is -2.40. The summed E-state index contributed by atoms with van der Waals surface area (Å²) in [5.41, 5.74) is 0.440. The highest BCUT2D eigenvalue weighted by Crippen LogP contribution is 2.18. The van der Waals surface area contributed by atoms with Gasteiger partial charge in [0, 0.05) is 31.7 Å². The number of rotatable bonds is 7. The van der Waals surface area contributed by atoms with E-state index in [2.05, 4.69) is 5.32 Å². The molecule has 23 heavy (non-hydrogen) atoms. The molecule has 0 aromatic heterocycles. The standard InChI is InChI=1S/C17H26F2N2O2/c1-5-21(16(22)23-17(2,3)4)11-10-20-12-13-6-8-14(9-7-13)15(18)19/h6-9,15,20H,5,10-12H2,1-4H3. The molecule has 6 heteroatoms. The van der Waals surface area contributed by atoms with E-state index in [4.69, 9.17) is 4.74 Å². The maximum absolute atomic E-state index is 12.5. The monoisotopic (exact) mass is 328 g/mol. The summed E-state index contributed by atoms with van der Waals surface area (Å²) in [6, 6.07) is 6.22. The Kier molecular flexibility index (Phi) is 7.42. The quantitative estimate of drug-likeness (QED) is 0.770. The maximum atomic E-state index is 12.5. The van der Waals surface area contributed by atoms with E-state index in [1.165, 1.54) is 12.1 Å². The van der Waals surface area contributed by atoms with Crippen LogP contribution in [0.2, 0.25) is 0 Å². The average molecular weight is 328 g/mol. The van der Waals surface area contributed by atoms with Crippen molar-refractivity contribution in [2.45, 2.75) is 46.3 Å². The summed E-state index contributed by atoms with van der Waals surface area (Å²) in [4.78, 5) is 13.6. The molecule has 0 bridgehead atoms. The van der Waals surface area contributed by atoms with Crippen LogP contribution in [-0.2, 0) is 11.3 Å². The first-order valence-electron chi connectivity index (χ1n) is 7.78. The smallest absolute Gasteiger partial charge is 0.410 e. The van der Waals surface area contributed by atoms with Crippen molar-refractivity contribution >= 4 is 6.09 Å². The van der Waals surface area contributed by atoms with E-state index < -0.39 is 12.0 Å². The molecule has 1 rings (SSSR count). The topological polar surface area (TPSA) is 41.6 Å². The first-order chi connectivity index (χ1) is 10.7.